The second-order valence-corrected chi connectivity index (χ2v) is 6.16. The van der Waals surface area contributed by atoms with Gasteiger partial charge in [0.15, 0.2) is 0 Å². The number of methoxy groups -OCH3 is 1. The van der Waals surface area contributed by atoms with E-state index in [1.165, 1.54) is 4.67 Å². The molecule has 7 heteroatoms. The molecule has 0 heterocycles. The van der Waals surface area contributed by atoms with Crippen LogP contribution in [0.3, 0.4) is 0 Å². The number of nitrogens with two attached hydrogens (primary N) is 2. The van der Waals surface area contributed by atoms with Crippen molar-refractivity contribution >= 4 is 29.2 Å². The first-order chi connectivity index (χ1) is 7.99. The Morgan fingerprint density at radius 2 is 1.94 bits per heavy atom. The van der Waals surface area contributed by atoms with Crippen LogP contribution in [0, 0.1) is 0 Å². The van der Waals surface area contributed by atoms with Crippen molar-refractivity contribution in [1.29, 1.82) is 0 Å². The minimum absolute atomic E-state index is 0.544. The van der Waals surface area contributed by atoms with Gasteiger partial charge in [-0.15, -0.1) is 0 Å². The van der Waals surface area contributed by atoms with E-state index >= 15 is 0 Å². The lowest BCUT2D eigenvalue weighted by atomic mass is 10.3. The maximum Gasteiger partial charge on any atom is 0.300 e. The Morgan fingerprint density at radius 3 is 2.35 bits per heavy atom. The van der Waals surface area contributed by atoms with E-state index in [0.717, 1.165) is 23.2 Å². The molecule has 0 bridgehead atoms. The van der Waals surface area contributed by atoms with E-state index in [1.807, 2.05) is 0 Å². The van der Waals surface area contributed by atoms with Gasteiger partial charge < -0.3 is 4.74 Å². The summed E-state index contributed by atoms with van der Waals surface area (Å²) in [5.41, 5.74) is 11.8. The molecule has 1 aromatic rings. The fraction of sp³-hybridized carbons (Fsp3) is 0.400. The molecule has 0 saturated heterocycles. The van der Waals surface area contributed by atoms with Gasteiger partial charge >= 0.3 is 7.59 Å². The van der Waals surface area contributed by atoms with E-state index in [4.69, 9.17) is 15.7 Å². The van der Waals surface area contributed by atoms with Gasteiger partial charge in [0.1, 0.15) is 5.75 Å². The fourth-order valence-electron chi connectivity index (χ4n) is 1.43. The third-order valence-electron chi connectivity index (χ3n) is 2.25. The predicted molar refractivity (Wildman–Crippen MR) is 74.7 cm³/mol. The normalized spacial score (nSPS) is 11.3. The fourth-order valence-corrected chi connectivity index (χ4v) is 2.63. The summed E-state index contributed by atoms with van der Waals surface area (Å²) in [7, 11) is -1.69. The van der Waals surface area contributed by atoms with Crippen LogP contribution < -0.4 is 20.4 Å². The number of alkyl halides is 1. The van der Waals surface area contributed by atoms with Gasteiger partial charge in [-0.2, -0.15) is 0 Å². The molecule has 0 unspecified atom stereocenters. The van der Waals surface area contributed by atoms with Gasteiger partial charge in [-0.05, 0) is 30.7 Å². The van der Waals surface area contributed by atoms with Crippen molar-refractivity contribution in [2.24, 2.45) is 11.0 Å². The number of ether oxygens (including phenoxy) is 1. The quantitative estimate of drug-likeness (QED) is 0.620. The van der Waals surface area contributed by atoms with E-state index in [1.54, 1.807) is 31.4 Å². The molecule has 0 atom stereocenters. The zero-order valence-corrected chi connectivity index (χ0v) is 12.2. The number of rotatable bonds is 6. The van der Waals surface area contributed by atoms with E-state index in [0.29, 0.717) is 6.54 Å². The summed E-state index contributed by atoms with van der Waals surface area (Å²) in [5, 5.41) is 0.805. The topological polar surface area (TPSA) is 81.6 Å². The Morgan fingerprint density at radius 1 is 1.35 bits per heavy atom. The summed E-state index contributed by atoms with van der Waals surface area (Å²) in [4.78, 5) is 0. The predicted octanol–water partition coefficient (Wildman–Crippen LogP) is 2.31. The first-order valence-electron chi connectivity index (χ1n) is 5.14. The summed E-state index contributed by atoms with van der Waals surface area (Å²) in [5.74, 6) is 0.734. The average Bonchev–Trinajstić information content (AvgIpc) is 2.29. The van der Waals surface area contributed by atoms with Crippen LogP contribution in [0.15, 0.2) is 24.3 Å². The Kier molecular flexibility index (Phi) is 5.46. The first kappa shape index (κ1) is 14.5. The minimum atomic E-state index is -3.28. The van der Waals surface area contributed by atoms with Gasteiger partial charge in [0, 0.05) is 17.6 Å². The van der Waals surface area contributed by atoms with Gasteiger partial charge in [-0.3, -0.25) is 20.2 Å². The second kappa shape index (κ2) is 6.40. The average molecular weight is 322 g/mol. The second-order valence-electron chi connectivity index (χ2n) is 3.54. The molecular weight excluding hydrogens is 305 g/mol. The van der Waals surface area contributed by atoms with Crippen LogP contribution in [-0.2, 0) is 4.57 Å². The van der Waals surface area contributed by atoms with Crippen LogP contribution in [-0.4, -0.2) is 19.0 Å². The van der Waals surface area contributed by atoms with Crippen LogP contribution in [0.25, 0.3) is 0 Å². The molecule has 0 fully saturated rings. The molecular formula is C10H17BrN3O2P. The molecule has 0 aliphatic heterocycles. The van der Waals surface area contributed by atoms with Crippen molar-refractivity contribution in [3.63, 3.8) is 0 Å². The van der Waals surface area contributed by atoms with Gasteiger partial charge in [0.05, 0.1) is 7.11 Å². The Balaban J connectivity index is 2.92. The number of benzene rings is 1. The van der Waals surface area contributed by atoms with E-state index in [2.05, 4.69) is 15.9 Å². The van der Waals surface area contributed by atoms with Crippen LogP contribution in [0.5, 0.6) is 5.75 Å². The lowest BCUT2D eigenvalue weighted by Crippen LogP contribution is -2.29. The largest absolute Gasteiger partial charge is 0.497 e. The van der Waals surface area contributed by atoms with Crippen molar-refractivity contribution < 1.29 is 9.30 Å². The molecule has 1 aromatic carbocycles. The summed E-state index contributed by atoms with van der Waals surface area (Å²) >= 11 is 3.32. The molecule has 0 radical (unpaired) electrons. The van der Waals surface area contributed by atoms with Crippen molar-refractivity contribution in [2.45, 2.75) is 6.42 Å². The number of hydrogen-bond acceptors (Lipinski definition) is 2. The maximum atomic E-state index is 11.8. The number of nitrogens with zero attached hydrogens (tertiary/aromatic N) is 1. The monoisotopic (exact) mass is 321 g/mol. The van der Waals surface area contributed by atoms with Crippen LogP contribution in [0.1, 0.15) is 6.42 Å². The maximum absolute atomic E-state index is 11.8. The number of halogens is 1. The van der Waals surface area contributed by atoms with Crippen LogP contribution in [0.2, 0.25) is 0 Å². The standard InChI is InChI=1S/C10H17BrN3O2P/c1-16-10-5-3-9(4-6-10)14(8-2-7-11)17(12,13)15/h3-6H,2,7-8H2,1H3,(H4,12,13,15). The molecule has 5 nitrogen and oxygen atoms in total. The van der Waals surface area contributed by atoms with Crippen molar-refractivity contribution in [1.82, 2.24) is 0 Å². The van der Waals surface area contributed by atoms with Gasteiger partial charge in [-0.25, -0.2) is 0 Å². The molecule has 4 N–H and O–H groups in total. The third kappa shape index (κ3) is 4.32. The summed E-state index contributed by atoms with van der Waals surface area (Å²) < 4.78 is 18.4. The van der Waals surface area contributed by atoms with E-state index < -0.39 is 7.59 Å². The molecule has 0 amide bonds. The van der Waals surface area contributed by atoms with E-state index in [9.17, 15) is 4.57 Å². The molecule has 96 valence electrons. The zero-order valence-electron chi connectivity index (χ0n) is 9.67. The third-order valence-corrected chi connectivity index (χ3v) is 4.00. The molecule has 1 rings (SSSR count). The van der Waals surface area contributed by atoms with Crippen molar-refractivity contribution in [3.8, 4) is 5.75 Å². The number of hydrogen-bond donors (Lipinski definition) is 2. The number of anilines is 1. The summed E-state index contributed by atoms with van der Waals surface area (Å²) in [6.07, 6.45) is 0.810. The highest BCUT2D eigenvalue weighted by molar-refractivity contribution is 9.09. The molecule has 0 saturated carbocycles. The first-order valence-corrected chi connectivity index (χ1v) is 8.06. The van der Waals surface area contributed by atoms with Crippen LogP contribution >= 0.6 is 23.5 Å². The lowest BCUT2D eigenvalue weighted by Gasteiger charge is -2.27. The molecule has 0 aliphatic rings. The lowest BCUT2D eigenvalue weighted by molar-refractivity contribution is 0.415. The zero-order chi connectivity index (χ0) is 12.9. The molecule has 0 spiro atoms. The Bertz CT molecular complexity index is 393. The molecule has 0 aliphatic carbocycles. The van der Waals surface area contributed by atoms with Crippen molar-refractivity contribution in [3.05, 3.63) is 24.3 Å². The van der Waals surface area contributed by atoms with Gasteiger partial charge in [0.2, 0.25) is 0 Å². The Labute approximate surface area is 110 Å². The molecule has 17 heavy (non-hydrogen) atoms. The van der Waals surface area contributed by atoms with Crippen molar-refractivity contribution in [2.75, 3.05) is 23.7 Å². The van der Waals surface area contributed by atoms with Crippen LogP contribution in [0.4, 0.5) is 5.69 Å². The van der Waals surface area contributed by atoms with Gasteiger partial charge in [0.25, 0.3) is 0 Å². The Hall–Kier alpha value is -0.550. The van der Waals surface area contributed by atoms with E-state index in [-0.39, 0.29) is 0 Å². The summed E-state index contributed by atoms with van der Waals surface area (Å²) in [6, 6.07) is 7.15. The highest BCUT2D eigenvalue weighted by Gasteiger charge is 2.20. The SMILES string of the molecule is COc1ccc(N(CCCBr)P(N)(N)=O)cc1. The van der Waals surface area contributed by atoms with Gasteiger partial charge in [-0.1, -0.05) is 15.9 Å². The smallest absolute Gasteiger partial charge is 0.300 e. The summed E-state index contributed by atoms with van der Waals surface area (Å²) in [6.45, 7) is 0.544. The highest BCUT2D eigenvalue weighted by Crippen LogP contribution is 2.37. The minimum Gasteiger partial charge on any atom is -0.497 e. The highest BCUT2D eigenvalue weighted by atomic mass is 79.9. The molecule has 0 aromatic heterocycles.